The molecule has 134 valence electrons. The smallest absolute Gasteiger partial charge is 0.261 e. The van der Waals surface area contributed by atoms with E-state index in [0.717, 1.165) is 11.1 Å². The monoisotopic (exact) mass is 370 g/mol. The fourth-order valence-corrected chi connectivity index (χ4v) is 3.14. The minimum atomic E-state index is -0.295. The molecule has 0 spiro atoms. The normalized spacial score (nSPS) is 13.1. The predicted octanol–water partition coefficient (Wildman–Crippen LogP) is 3.97. The van der Waals surface area contributed by atoms with Gasteiger partial charge >= 0.3 is 0 Å². The maximum Gasteiger partial charge on any atom is 0.261 e. The summed E-state index contributed by atoms with van der Waals surface area (Å²) in [5, 5.41) is 3.40. The van der Waals surface area contributed by atoms with Crippen molar-refractivity contribution in [3.63, 3.8) is 0 Å². The fraction of sp³-hybridized carbons (Fsp3) is 0.250. The van der Waals surface area contributed by atoms with Gasteiger partial charge in [0.05, 0.1) is 11.1 Å². The Bertz CT molecular complexity index is 908. The van der Waals surface area contributed by atoms with Gasteiger partial charge in [-0.25, -0.2) is 0 Å². The van der Waals surface area contributed by atoms with E-state index in [0.29, 0.717) is 28.3 Å². The Balaban J connectivity index is 1.57. The van der Waals surface area contributed by atoms with Gasteiger partial charge in [-0.1, -0.05) is 29.3 Å². The van der Waals surface area contributed by atoms with Crippen LogP contribution in [0.2, 0.25) is 5.02 Å². The van der Waals surface area contributed by atoms with E-state index in [4.69, 9.17) is 11.6 Å². The van der Waals surface area contributed by atoms with Gasteiger partial charge in [0.25, 0.3) is 11.8 Å². The van der Waals surface area contributed by atoms with E-state index in [2.05, 4.69) is 5.32 Å². The number of nitrogens with zero attached hydrogens (tertiary/aromatic N) is 1. The summed E-state index contributed by atoms with van der Waals surface area (Å²) < 4.78 is 0. The van der Waals surface area contributed by atoms with Crippen molar-refractivity contribution in [1.29, 1.82) is 0 Å². The highest BCUT2D eigenvalue weighted by Gasteiger charge is 2.34. The van der Waals surface area contributed by atoms with E-state index in [1.165, 1.54) is 4.90 Å². The molecule has 3 amide bonds. The lowest BCUT2D eigenvalue weighted by molar-refractivity contribution is -0.116. The molecule has 0 aromatic heterocycles. The highest BCUT2D eigenvalue weighted by atomic mass is 35.5. The molecule has 0 fully saturated rings. The average molecular weight is 371 g/mol. The van der Waals surface area contributed by atoms with Crippen molar-refractivity contribution in [2.75, 3.05) is 11.9 Å². The third-order valence-corrected chi connectivity index (χ3v) is 4.86. The second kappa shape index (κ2) is 7.30. The second-order valence-electron chi connectivity index (χ2n) is 6.38. The quantitative estimate of drug-likeness (QED) is 0.810. The van der Waals surface area contributed by atoms with Gasteiger partial charge in [-0.2, -0.15) is 0 Å². The molecule has 0 atom stereocenters. The number of imide groups is 1. The van der Waals surface area contributed by atoms with Crippen molar-refractivity contribution in [2.24, 2.45) is 0 Å². The number of halogens is 1. The number of benzene rings is 2. The topological polar surface area (TPSA) is 66.5 Å². The molecule has 2 aromatic rings. The number of hydrogen-bond acceptors (Lipinski definition) is 3. The van der Waals surface area contributed by atoms with E-state index >= 15 is 0 Å². The SMILES string of the molecule is Cc1ccc2c(c1)C(=O)N(CCCC(=O)Nc1cccc(Cl)c1C)C2=O. The van der Waals surface area contributed by atoms with E-state index in [1.54, 1.807) is 30.3 Å². The molecule has 0 saturated carbocycles. The van der Waals surface area contributed by atoms with Crippen molar-refractivity contribution in [2.45, 2.75) is 26.7 Å². The summed E-state index contributed by atoms with van der Waals surface area (Å²) in [4.78, 5) is 38.1. The third-order valence-electron chi connectivity index (χ3n) is 4.45. The number of nitrogens with one attached hydrogen (secondary N) is 1. The number of carbonyl (C=O) groups excluding carboxylic acids is 3. The Kier molecular flexibility index (Phi) is 5.09. The van der Waals surface area contributed by atoms with Crippen LogP contribution in [0.5, 0.6) is 0 Å². The molecule has 0 unspecified atom stereocenters. The van der Waals surface area contributed by atoms with Gasteiger partial charge in [0.15, 0.2) is 0 Å². The highest BCUT2D eigenvalue weighted by Crippen LogP contribution is 2.25. The highest BCUT2D eigenvalue weighted by molar-refractivity contribution is 6.31. The summed E-state index contributed by atoms with van der Waals surface area (Å²) in [7, 11) is 0. The van der Waals surface area contributed by atoms with Gasteiger partial charge in [-0.15, -0.1) is 0 Å². The number of hydrogen-bond donors (Lipinski definition) is 1. The van der Waals surface area contributed by atoms with Gasteiger partial charge < -0.3 is 5.32 Å². The van der Waals surface area contributed by atoms with Crippen molar-refractivity contribution < 1.29 is 14.4 Å². The van der Waals surface area contributed by atoms with Crippen molar-refractivity contribution in [1.82, 2.24) is 4.90 Å². The Morgan fingerprint density at radius 3 is 2.58 bits per heavy atom. The Morgan fingerprint density at radius 2 is 1.81 bits per heavy atom. The van der Waals surface area contributed by atoms with Crippen LogP contribution in [0.15, 0.2) is 36.4 Å². The first-order chi connectivity index (χ1) is 12.4. The Labute approximate surface area is 156 Å². The zero-order valence-corrected chi connectivity index (χ0v) is 15.4. The lowest BCUT2D eigenvalue weighted by Gasteiger charge is -2.14. The van der Waals surface area contributed by atoms with Crippen LogP contribution in [0, 0.1) is 13.8 Å². The number of rotatable bonds is 5. The first-order valence-electron chi connectivity index (χ1n) is 8.40. The van der Waals surface area contributed by atoms with Crippen LogP contribution in [0.1, 0.15) is 44.7 Å². The molecule has 0 aliphatic carbocycles. The standard InChI is InChI=1S/C20H19ClN2O3/c1-12-8-9-14-15(11-12)20(26)23(19(14)25)10-4-7-18(24)22-17-6-3-5-16(21)13(17)2/h3,5-6,8-9,11H,4,7,10H2,1-2H3,(H,22,24). The molecule has 6 heteroatoms. The van der Waals surface area contributed by atoms with Gasteiger partial charge in [0.2, 0.25) is 5.91 Å². The Morgan fingerprint density at radius 1 is 1.08 bits per heavy atom. The molecule has 26 heavy (non-hydrogen) atoms. The number of carbonyl (C=O) groups is 3. The summed E-state index contributed by atoms with van der Waals surface area (Å²) in [5.74, 6) is -0.765. The average Bonchev–Trinajstić information content (AvgIpc) is 2.83. The number of fused-ring (bicyclic) bond motifs is 1. The van der Waals surface area contributed by atoms with Crippen LogP contribution in [0.25, 0.3) is 0 Å². The van der Waals surface area contributed by atoms with E-state index in [-0.39, 0.29) is 30.7 Å². The van der Waals surface area contributed by atoms with Gasteiger partial charge in [0, 0.05) is 23.7 Å². The minimum Gasteiger partial charge on any atom is -0.326 e. The summed E-state index contributed by atoms with van der Waals surface area (Å²) in [6.07, 6.45) is 0.605. The molecule has 1 N–H and O–H groups in total. The van der Waals surface area contributed by atoms with Crippen LogP contribution in [-0.2, 0) is 4.79 Å². The van der Waals surface area contributed by atoms with E-state index < -0.39 is 0 Å². The number of anilines is 1. The van der Waals surface area contributed by atoms with Crippen LogP contribution < -0.4 is 5.32 Å². The summed E-state index contributed by atoms with van der Waals surface area (Å²) in [6.45, 7) is 3.93. The molecule has 5 nitrogen and oxygen atoms in total. The maximum atomic E-state index is 12.4. The van der Waals surface area contributed by atoms with Crippen LogP contribution in [0.4, 0.5) is 5.69 Å². The molecular formula is C20H19ClN2O3. The number of amides is 3. The first kappa shape index (κ1) is 18.1. The van der Waals surface area contributed by atoms with Crippen LogP contribution >= 0.6 is 11.6 Å². The summed E-state index contributed by atoms with van der Waals surface area (Å²) in [5.41, 5.74) is 3.27. The molecule has 1 heterocycles. The molecule has 2 aromatic carbocycles. The molecule has 1 aliphatic heterocycles. The molecule has 0 saturated heterocycles. The van der Waals surface area contributed by atoms with Crippen molar-refractivity contribution in [3.05, 3.63) is 63.7 Å². The minimum absolute atomic E-state index is 0.178. The van der Waals surface area contributed by atoms with Gasteiger partial charge in [0.1, 0.15) is 0 Å². The zero-order valence-electron chi connectivity index (χ0n) is 14.6. The van der Waals surface area contributed by atoms with Crippen LogP contribution in [-0.4, -0.2) is 29.2 Å². The number of aryl methyl sites for hydroxylation is 1. The first-order valence-corrected chi connectivity index (χ1v) is 8.78. The second-order valence-corrected chi connectivity index (χ2v) is 6.78. The molecular weight excluding hydrogens is 352 g/mol. The molecule has 1 aliphatic rings. The largest absolute Gasteiger partial charge is 0.326 e. The van der Waals surface area contributed by atoms with Crippen molar-refractivity contribution >= 4 is 35.0 Å². The lowest BCUT2D eigenvalue weighted by atomic mass is 10.1. The summed E-state index contributed by atoms with van der Waals surface area (Å²) >= 11 is 6.04. The molecule has 0 bridgehead atoms. The maximum absolute atomic E-state index is 12.4. The predicted molar refractivity (Wildman–Crippen MR) is 101 cm³/mol. The van der Waals surface area contributed by atoms with Gasteiger partial charge in [-0.3, -0.25) is 19.3 Å². The van der Waals surface area contributed by atoms with Crippen molar-refractivity contribution in [3.8, 4) is 0 Å². The molecule has 3 rings (SSSR count). The third kappa shape index (κ3) is 3.48. The summed E-state index contributed by atoms with van der Waals surface area (Å²) in [6, 6.07) is 10.5. The Hall–Kier alpha value is -2.66. The fourth-order valence-electron chi connectivity index (χ4n) is 2.96. The van der Waals surface area contributed by atoms with E-state index in [9.17, 15) is 14.4 Å². The lowest BCUT2D eigenvalue weighted by Crippen LogP contribution is -2.31. The zero-order chi connectivity index (χ0) is 18.8. The molecule has 0 radical (unpaired) electrons. The van der Waals surface area contributed by atoms with E-state index in [1.807, 2.05) is 19.9 Å². The van der Waals surface area contributed by atoms with Crippen LogP contribution in [0.3, 0.4) is 0 Å². The van der Waals surface area contributed by atoms with Gasteiger partial charge in [-0.05, 0) is 50.1 Å².